The van der Waals surface area contributed by atoms with Crippen LogP contribution in [0.3, 0.4) is 0 Å². The number of hydrogen-bond donors (Lipinski definition) is 1. The Morgan fingerprint density at radius 2 is 2.03 bits per heavy atom. The van der Waals surface area contributed by atoms with E-state index in [1.807, 2.05) is 30.6 Å². The van der Waals surface area contributed by atoms with Crippen LogP contribution in [0, 0.1) is 5.41 Å². The number of alkyl halides is 3. The highest BCUT2D eigenvalue weighted by Crippen LogP contribution is 2.34. The molecule has 2 saturated heterocycles. The summed E-state index contributed by atoms with van der Waals surface area (Å²) < 4.78 is 37.6. The van der Waals surface area contributed by atoms with Crippen molar-refractivity contribution >= 4 is 23.3 Å². The number of carbonyl (C=O) groups excluding carboxylic acids is 1. The van der Waals surface area contributed by atoms with Crippen LogP contribution in [0.15, 0.2) is 11.6 Å². The van der Waals surface area contributed by atoms with Gasteiger partial charge in [0, 0.05) is 50.7 Å². The highest BCUT2D eigenvalue weighted by atomic mass is 32.1. The highest BCUT2D eigenvalue weighted by molar-refractivity contribution is 7.09. The molecule has 12 heteroatoms. The minimum atomic E-state index is -5.08. The Bertz CT molecular complexity index is 687. The number of carboxylic acid groups (broad SMARTS) is 1. The molecule has 0 bridgehead atoms. The average Bonchev–Trinajstić information content (AvgIpc) is 3.22. The molecule has 29 heavy (non-hydrogen) atoms. The maximum absolute atomic E-state index is 12.3. The van der Waals surface area contributed by atoms with Crippen LogP contribution >= 0.6 is 11.3 Å². The van der Waals surface area contributed by atoms with Gasteiger partial charge in [-0.15, -0.1) is 11.3 Å². The molecule has 3 heterocycles. The number of thiazole rings is 1. The largest absolute Gasteiger partial charge is 0.490 e. The van der Waals surface area contributed by atoms with Gasteiger partial charge in [-0.2, -0.15) is 13.2 Å². The van der Waals surface area contributed by atoms with Crippen LogP contribution in [0.1, 0.15) is 11.4 Å². The van der Waals surface area contributed by atoms with E-state index >= 15 is 0 Å². The van der Waals surface area contributed by atoms with Crippen molar-refractivity contribution in [1.29, 1.82) is 0 Å². The number of nitrogens with zero attached hydrogens (tertiary/aromatic N) is 4. The van der Waals surface area contributed by atoms with Crippen molar-refractivity contribution in [3.8, 4) is 0 Å². The van der Waals surface area contributed by atoms with Crippen LogP contribution in [0.2, 0.25) is 0 Å². The smallest absolute Gasteiger partial charge is 0.475 e. The highest BCUT2D eigenvalue weighted by Gasteiger charge is 2.42. The quantitative estimate of drug-likeness (QED) is 0.760. The maximum atomic E-state index is 12.3. The van der Waals surface area contributed by atoms with Gasteiger partial charge in [0.05, 0.1) is 19.8 Å². The number of hydrogen-bond acceptors (Lipinski definition) is 6. The first kappa shape index (κ1) is 23.4. The molecule has 2 amide bonds. The van der Waals surface area contributed by atoms with E-state index in [1.165, 1.54) is 0 Å². The number of rotatable bonds is 2. The van der Waals surface area contributed by atoms with Gasteiger partial charge < -0.3 is 19.6 Å². The molecular weight excluding hydrogens is 413 g/mol. The van der Waals surface area contributed by atoms with Crippen LogP contribution in [0.4, 0.5) is 18.0 Å². The van der Waals surface area contributed by atoms with Crippen molar-refractivity contribution in [2.75, 3.05) is 53.5 Å². The lowest BCUT2D eigenvalue weighted by Crippen LogP contribution is -2.46. The molecule has 2 aliphatic rings. The van der Waals surface area contributed by atoms with E-state index in [0.29, 0.717) is 13.2 Å². The van der Waals surface area contributed by atoms with Crippen LogP contribution in [0.5, 0.6) is 0 Å². The predicted octanol–water partition coefficient (Wildman–Crippen LogP) is 1.98. The molecule has 1 unspecified atom stereocenters. The minimum absolute atomic E-state index is 0.0689. The van der Waals surface area contributed by atoms with Gasteiger partial charge >= 0.3 is 18.2 Å². The van der Waals surface area contributed by atoms with E-state index < -0.39 is 12.1 Å². The maximum Gasteiger partial charge on any atom is 0.490 e. The first-order valence-electron chi connectivity index (χ1n) is 8.97. The Kier molecular flexibility index (Phi) is 7.83. The molecule has 164 valence electrons. The van der Waals surface area contributed by atoms with Crippen LogP contribution < -0.4 is 0 Å². The van der Waals surface area contributed by atoms with Crippen LogP contribution in [0.25, 0.3) is 0 Å². The van der Waals surface area contributed by atoms with E-state index in [-0.39, 0.29) is 11.4 Å². The predicted molar refractivity (Wildman–Crippen MR) is 99.6 cm³/mol. The molecule has 0 saturated carbocycles. The molecule has 1 spiro atoms. The summed E-state index contributed by atoms with van der Waals surface area (Å²) in [6, 6.07) is 0.0863. The van der Waals surface area contributed by atoms with Gasteiger partial charge in [0.1, 0.15) is 5.01 Å². The molecule has 3 rings (SSSR count). The van der Waals surface area contributed by atoms with Crippen molar-refractivity contribution in [2.24, 2.45) is 5.41 Å². The number of ether oxygens (including phenoxy) is 1. The fraction of sp³-hybridized carbons (Fsp3) is 0.706. The minimum Gasteiger partial charge on any atom is -0.475 e. The topological polar surface area (TPSA) is 86.2 Å². The SMILES string of the molecule is CN(C)C(=O)N1CCOCC2(CCN(Cc3nccs3)C2)C1.O=C(O)C(F)(F)F. The van der Waals surface area contributed by atoms with E-state index in [2.05, 4.69) is 9.88 Å². The molecule has 0 radical (unpaired) electrons. The third-order valence-electron chi connectivity index (χ3n) is 4.70. The number of halogens is 3. The first-order chi connectivity index (χ1) is 13.5. The standard InChI is InChI=1S/C15H24N4O2S.C2HF3O2/c1-17(2)14(20)19-6-7-21-12-15(11-19)3-5-18(10-15)9-13-16-4-8-22-13;3-2(4,5)1(6)7/h4,8H,3,5-7,9-12H2,1-2H3;(H,6,7). The number of carbonyl (C=O) groups is 2. The van der Waals surface area contributed by atoms with E-state index in [0.717, 1.165) is 44.2 Å². The summed E-state index contributed by atoms with van der Waals surface area (Å²) >= 11 is 1.70. The fourth-order valence-corrected chi connectivity index (χ4v) is 4.03. The van der Waals surface area contributed by atoms with Gasteiger partial charge in [0.25, 0.3) is 0 Å². The second-order valence-electron chi connectivity index (χ2n) is 7.34. The van der Waals surface area contributed by atoms with Crippen molar-refractivity contribution < 1.29 is 32.6 Å². The molecule has 8 nitrogen and oxygen atoms in total. The number of urea groups is 1. The molecule has 1 atom stereocenters. The van der Waals surface area contributed by atoms with E-state index in [9.17, 15) is 18.0 Å². The Morgan fingerprint density at radius 1 is 1.34 bits per heavy atom. The zero-order valence-electron chi connectivity index (χ0n) is 16.3. The van der Waals surface area contributed by atoms with Gasteiger partial charge in [0.15, 0.2) is 0 Å². The lowest BCUT2D eigenvalue weighted by molar-refractivity contribution is -0.192. The molecule has 0 aromatic carbocycles. The zero-order chi connectivity index (χ0) is 21.7. The second-order valence-corrected chi connectivity index (χ2v) is 8.32. The Balaban J connectivity index is 0.000000370. The van der Waals surface area contributed by atoms with E-state index in [1.54, 1.807) is 16.2 Å². The number of carboxylic acids is 1. The lowest BCUT2D eigenvalue weighted by atomic mass is 9.87. The van der Waals surface area contributed by atoms with Gasteiger partial charge in [-0.3, -0.25) is 4.90 Å². The fourth-order valence-electron chi connectivity index (χ4n) is 3.37. The van der Waals surface area contributed by atoms with Crippen molar-refractivity contribution in [1.82, 2.24) is 19.7 Å². The Morgan fingerprint density at radius 3 is 2.59 bits per heavy atom. The molecular formula is C17H25F3N4O4S. The lowest BCUT2D eigenvalue weighted by Gasteiger charge is -2.33. The summed E-state index contributed by atoms with van der Waals surface area (Å²) in [5.41, 5.74) is 0.0689. The third-order valence-corrected chi connectivity index (χ3v) is 5.46. The summed E-state index contributed by atoms with van der Waals surface area (Å²) in [6.45, 7) is 5.79. The van der Waals surface area contributed by atoms with Crippen molar-refractivity contribution in [3.05, 3.63) is 16.6 Å². The normalized spacial score (nSPS) is 22.7. The summed E-state index contributed by atoms with van der Waals surface area (Å²) in [5.74, 6) is -2.76. The molecule has 0 aliphatic carbocycles. The number of amides is 2. The molecule has 1 aromatic heterocycles. The van der Waals surface area contributed by atoms with Gasteiger partial charge in [0.2, 0.25) is 0 Å². The molecule has 2 fully saturated rings. The van der Waals surface area contributed by atoms with Crippen molar-refractivity contribution in [2.45, 2.75) is 19.1 Å². The monoisotopic (exact) mass is 438 g/mol. The van der Waals surface area contributed by atoms with Crippen LogP contribution in [-0.2, 0) is 16.1 Å². The Hall–Kier alpha value is -1.92. The number of aromatic nitrogens is 1. The summed E-state index contributed by atoms with van der Waals surface area (Å²) in [4.78, 5) is 31.6. The number of aliphatic carboxylic acids is 1. The molecule has 1 N–H and O–H groups in total. The van der Waals surface area contributed by atoms with Crippen molar-refractivity contribution in [3.63, 3.8) is 0 Å². The summed E-state index contributed by atoms with van der Waals surface area (Å²) in [6.07, 6.45) is -2.15. The average molecular weight is 438 g/mol. The van der Waals surface area contributed by atoms with Gasteiger partial charge in [-0.25, -0.2) is 14.6 Å². The Labute approximate surface area is 170 Å². The summed E-state index contributed by atoms with van der Waals surface area (Å²) in [7, 11) is 3.62. The van der Waals surface area contributed by atoms with Crippen LogP contribution in [-0.4, -0.2) is 96.5 Å². The van der Waals surface area contributed by atoms with Gasteiger partial charge in [-0.05, 0) is 13.0 Å². The first-order valence-corrected chi connectivity index (χ1v) is 9.85. The van der Waals surface area contributed by atoms with E-state index in [4.69, 9.17) is 14.6 Å². The number of likely N-dealkylation sites (tertiary alicyclic amines) is 1. The third kappa shape index (κ3) is 6.82. The summed E-state index contributed by atoms with van der Waals surface area (Å²) in [5, 5.41) is 10.3. The second kappa shape index (κ2) is 9.72. The molecule has 2 aliphatic heterocycles. The molecule has 1 aromatic rings. The van der Waals surface area contributed by atoms with Gasteiger partial charge in [-0.1, -0.05) is 0 Å². The zero-order valence-corrected chi connectivity index (χ0v) is 17.1.